The monoisotopic (exact) mass is 285 g/mol. The summed E-state index contributed by atoms with van der Waals surface area (Å²) >= 11 is 4.97. The largest absolute Gasteiger partial charge is 0.389 e. The van der Waals surface area contributed by atoms with Crippen LogP contribution in [0, 0.1) is 0 Å². The van der Waals surface area contributed by atoms with Gasteiger partial charge in [0, 0.05) is 17.4 Å². The van der Waals surface area contributed by atoms with Gasteiger partial charge in [-0.05, 0) is 35.2 Å². The summed E-state index contributed by atoms with van der Waals surface area (Å²) in [6.07, 6.45) is 1.69. The highest BCUT2D eigenvalue weighted by Gasteiger charge is 2.12. The van der Waals surface area contributed by atoms with Gasteiger partial charge in [-0.1, -0.05) is 45.1 Å². The number of nitrogens with zero attached hydrogens (tertiary/aromatic N) is 1. The zero-order chi connectivity index (χ0) is 14.8. The van der Waals surface area contributed by atoms with Crippen molar-refractivity contribution in [2.24, 2.45) is 5.73 Å². The van der Waals surface area contributed by atoms with Gasteiger partial charge in [0.1, 0.15) is 10.8 Å². The van der Waals surface area contributed by atoms with Crippen LogP contribution in [0.3, 0.4) is 0 Å². The van der Waals surface area contributed by atoms with Crippen LogP contribution in [0.1, 0.15) is 31.9 Å². The number of rotatable bonds is 3. The van der Waals surface area contributed by atoms with Crippen molar-refractivity contribution in [2.45, 2.75) is 26.2 Å². The number of anilines is 2. The molecule has 2 aromatic rings. The summed E-state index contributed by atoms with van der Waals surface area (Å²) in [6.45, 7) is 6.59. The average Bonchev–Trinajstić information content (AvgIpc) is 2.38. The van der Waals surface area contributed by atoms with E-state index in [0.717, 1.165) is 17.1 Å². The number of nitrogens with two attached hydrogens (primary N) is 1. The minimum Gasteiger partial charge on any atom is -0.389 e. The van der Waals surface area contributed by atoms with Crippen LogP contribution in [0.5, 0.6) is 0 Å². The first-order valence-corrected chi connectivity index (χ1v) is 6.90. The maximum atomic E-state index is 5.62. The van der Waals surface area contributed by atoms with Crippen LogP contribution in [0.15, 0.2) is 42.6 Å². The number of hydrogen-bond donors (Lipinski definition) is 2. The third kappa shape index (κ3) is 3.54. The van der Waals surface area contributed by atoms with Crippen molar-refractivity contribution in [3.63, 3.8) is 0 Å². The summed E-state index contributed by atoms with van der Waals surface area (Å²) in [5, 5.41) is 3.25. The van der Waals surface area contributed by atoms with Crippen molar-refractivity contribution >= 4 is 28.7 Å². The fourth-order valence-corrected chi connectivity index (χ4v) is 1.98. The van der Waals surface area contributed by atoms with E-state index in [4.69, 9.17) is 18.0 Å². The summed E-state index contributed by atoms with van der Waals surface area (Å²) in [5.74, 6) is 0.735. The van der Waals surface area contributed by atoms with E-state index < -0.39 is 0 Å². The minimum atomic E-state index is 0.155. The Hall–Kier alpha value is -1.94. The Labute approximate surface area is 125 Å². The van der Waals surface area contributed by atoms with Crippen molar-refractivity contribution in [3.8, 4) is 0 Å². The first-order chi connectivity index (χ1) is 9.36. The number of pyridine rings is 1. The molecule has 0 saturated heterocycles. The van der Waals surface area contributed by atoms with Gasteiger partial charge in [0.25, 0.3) is 0 Å². The quantitative estimate of drug-likeness (QED) is 0.843. The molecule has 0 fully saturated rings. The van der Waals surface area contributed by atoms with Crippen molar-refractivity contribution in [1.82, 2.24) is 4.98 Å². The van der Waals surface area contributed by atoms with E-state index in [1.54, 1.807) is 12.3 Å². The molecule has 20 heavy (non-hydrogen) atoms. The maximum absolute atomic E-state index is 5.62. The van der Waals surface area contributed by atoms with E-state index in [1.165, 1.54) is 5.56 Å². The van der Waals surface area contributed by atoms with Crippen LogP contribution in [0.4, 0.5) is 11.5 Å². The highest BCUT2D eigenvalue weighted by Crippen LogP contribution is 2.24. The molecule has 0 amide bonds. The number of aromatic nitrogens is 1. The third-order valence-corrected chi connectivity index (χ3v) is 3.30. The van der Waals surface area contributed by atoms with Crippen molar-refractivity contribution in [2.75, 3.05) is 5.32 Å². The van der Waals surface area contributed by atoms with Gasteiger partial charge in [-0.15, -0.1) is 0 Å². The SMILES string of the molecule is CC(C)(C)c1ccc(Nc2cc(C(N)=S)ccn2)cc1. The zero-order valence-electron chi connectivity index (χ0n) is 12.0. The molecule has 1 heterocycles. The Balaban J connectivity index is 2.18. The van der Waals surface area contributed by atoms with Gasteiger partial charge in [0.2, 0.25) is 0 Å². The number of nitrogens with one attached hydrogen (secondary N) is 1. The van der Waals surface area contributed by atoms with E-state index in [-0.39, 0.29) is 5.41 Å². The van der Waals surface area contributed by atoms with Crippen molar-refractivity contribution < 1.29 is 0 Å². The fourth-order valence-electron chi connectivity index (χ4n) is 1.85. The summed E-state index contributed by atoms with van der Waals surface area (Å²) in [6, 6.07) is 12.0. The van der Waals surface area contributed by atoms with Crippen molar-refractivity contribution in [1.29, 1.82) is 0 Å². The molecule has 0 spiro atoms. The van der Waals surface area contributed by atoms with Gasteiger partial charge in [0.15, 0.2) is 0 Å². The molecule has 0 unspecified atom stereocenters. The Bertz CT molecular complexity index is 612. The first-order valence-electron chi connectivity index (χ1n) is 6.50. The number of thiocarbonyl (C=S) groups is 1. The minimum absolute atomic E-state index is 0.155. The summed E-state index contributed by atoms with van der Waals surface area (Å²) in [7, 11) is 0. The van der Waals surface area contributed by atoms with Gasteiger partial charge >= 0.3 is 0 Å². The second-order valence-corrected chi connectivity index (χ2v) is 6.19. The average molecular weight is 285 g/mol. The molecule has 104 valence electrons. The second-order valence-electron chi connectivity index (χ2n) is 5.75. The summed E-state index contributed by atoms with van der Waals surface area (Å²) in [5.41, 5.74) is 8.87. The molecule has 0 saturated carbocycles. The Morgan fingerprint density at radius 2 is 1.80 bits per heavy atom. The predicted octanol–water partition coefficient (Wildman–Crippen LogP) is 3.76. The lowest BCUT2D eigenvalue weighted by Gasteiger charge is -2.19. The smallest absolute Gasteiger partial charge is 0.130 e. The molecular formula is C16H19N3S. The van der Waals surface area contributed by atoms with Gasteiger partial charge < -0.3 is 11.1 Å². The van der Waals surface area contributed by atoms with Crippen LogP contribution >= 0.6 is 12.2 Å². The number of benzene rings is 1. The van der Waals surface area contributed by atoms with Crippen LogP contribution in [-0.2, 0) is 5.41 Å². The molecule has 4 heteroatoms. The molecule has 0 radical (unpaired) electrons. The van der Waals surface area contributed by atoms with Crippen molar-refractivity contribution in [3.05, 3.63) is 53.7 Å². The van der Waals surface area contributed by atoms with E-state index in [9.17, 15) is 0 Å². The Morgan fingerprint density at radius 3 is 2.35 bits per heavy atom. The highest BCUT2D eigenvalue weighted by atomic mass is 32.1. The standard InChI is InChI=1S/C16H19N3S/c1-16(2,3)12-4-6-13(7-5-12)19-14-10-11(15(17)20)8-9-18-14/h4-10H,1-3H3,(H2,17,20)(H,18,19). The molecule has 0 aliphatic heterocycles. The van der Waals surface area contributed by atoms with Gasteiger partial charge in [-0.3, -0.25) is 0 Å². The topological polar surface area (TPSA) is 50.9 Å². The molecule has 0 atom stereocenters. The van der Waals surface area contributed by atoms with Crippen LogP contribution in [-0.4, -0.2) is 9.97 Å². The molecule has 1 aromatic carbocycles. The lowest BCUT2D eigenvalue weighted by atomic mass is 9.87. The molecule has 0 bridgehead atoms. The fraction of sp³-hybridized carbons (Fsp3) is 0.250. The molecule has 2 rings (SSSR count). The molecule has 0 aliphatic carbocycles. The van der Waals surface area contributed by atoms with Crippen LogP contribution < -0.4 is 11.1 Å². The Morgan fingerprint density at radius 1 is 1.15 bits per heavy atom. The zero-order valence-corrected chi connectivity index (χ0v) is 12.8. The normalized spacial score (nSPS) is 11.2. The van der Waals surface area contributed by atoms with Gasteiger partial charge in [-0.2, -0.15) is 0 Å². The summed E-state index contributed by atoms with van der Waals surface area (Å²) < 4.78 is 0. The van der Waals surface area contributed by atoms with Gasteiger partial charge in [-0.25, -0.2) is 4.98 Å². The number of hydrogen-bond acceptors (Lipinski definition) is 3. The summed E-state index contributed by atoms with van der Waals surface area (Å²) in [4.78, 5) is 4.64. The highest BCUT2D eigenvalue weighted by molar-refractivity contribution is 7.80. The Kier molecular flexibility index (Phi) is 4.04. The van der Waals surface area contributed by atoms with E-state index in [1.807, 2.05) is 6.07 Å². The molecular weight excluding hydrogens is 266 g/mol. The second kappa shape index (κ2) is 5.59. The third-order valence-electron chi connectivity index (χ3n) is 3.07. The van der Waals surface area contributed by atoms with E-state index >= 15 is 0 Å². The van der Waals surface area contributed by atoms with E-state index in [2.05, 4.69) is 55.3 Å². The molecule has 0 aliphatic rings. The maximum Gasteiger partial charge on any atom is 0.130 e. The lowest BCUT2D eigenvalue weighted by Crippen LogP contribution is -2.11. The van der Waals surface area contributed by atoms with Crippen LogP contribution in [0.25, 0.3) is 0 Å². The molecule has 3 nitrogen and oxygen atoms in total. The molecule has 1 aromatic heterocycles. The predicted molar refractivity (Wildman–Crippen MR) is 88.5 cm³/mol. The van der Waals surface area contributed by atoms with Gasteiger partial charge in [0.05, 0.1) is 0 Å². The first kappa shape index (κ1) is 14.5. The lowest BCUT2D eigenvalue weighted by molar-refractivity contribution is 0.590. The molecule has 3 N–H and O–H groups in total. The van der Waals surface area contributed by atoms with Crippen LogP contribution in [0.2, 0.25) is 0 Å². The van der Waals surface area contributed by atoms with E-state index in [0.29, 0.717) is 4.99 Å².